The number of halogens is 2. The topological polar surface area (TPSA) is 54.0 Å². The number of carbonyl (C=O) groups is 1. The number of Topliss-reactive ketones (excluding diaryl/α,β-unsaturated/α-hetero) is 1. The Morgan fingerprint density at radius 1 is 0.765 bits per heavy atom. The number of ether oxygens (including phenoxy) is 4. The summed E-state index contributed by atoms with van der Waals surface area (Å²) < 4.78 is 23.1. The quantitative estimate of drug-likeness (QED) is 0.233. The van der Waals surface area contributed by atoms with Gasteiger partial charge in [-0.05, 0) is 72.9 Å². The maximum Gasteiger partial charge on any atom is 0.161 e. The second-order valence-corrected chi connectivity index (χ2v) is 10.4. The monoisotopic (exact) mass is 594 g/mol. The lowest BCUT2D eigenvalue weighted by Gasteiger charge is -2.22. The molecule has 2 aliphatic carbocycles. The summed E-state index contributed by atoms with van der Waals surface area (Å²) in [5.74, 6) is 3.51. The summed E-state index contributed by atoms with van der Waals surface area (Å²) in [7, 11) is 3.28. The van der Waals surface area contributed by atoms with E-state index >= 15 is 0 Å². The van der Waals surface area contributed by atoms with Gasteiger partial charge in [0, 0.05) is 10.7 Å². The normalized spacial score (nSPS) is 17.1. The Balaban J connectivity index is 1.56. The van der Waals surface area contributed by atoms with Gasteiger partial charge in [0.1, 0.15) is 5.78 Å². The van der Waals surface area contributed by atoms with Gasteiger partial charge in [0.05, 0.1) is 39.3 Å². The molecular formula is C27H32Br2O5. The minimum Gasteiger partial charge on any atom is -0.493 e. The Labute approximate surface area is 218 Å². The average Bonchev–Trinajstić information content (AvgIpc) is 3.78. The highest BCUT2D eigenvalue weighted by Gasteiger charge is 2.30. The van der Waals surface area contributed by atoms with Crippen molar-refractivity contribution >= 4 is 37.6 Å². The first-order chi connectivity index (χ1) is 16.6. The molecule has 5 nitrogen and oxygen atoms in total. The third kappa shape index (κ3) is 6.28. The van der Waals surface area contributed by atoms with Crippen molar-refractivity contribution < 1.29 is 23.7 Å². The first kappa shape index (κ1) is 25.4. The molecular weight excluding hydrogens is 564 g/mol. The van der Waals surface area contributed by atoms with Crippen molar-refractivity contribution in [1.29, 1.82) is 0 Å². The van der Waals surface area contributed by atoms with Crippen molar-refractivity contribution in [1.82, 2.24) is 0 Å². The summed E-state index contributed by atoms with van der Waals surface area (Å²) in [6, 6.07) is 11.6. The zero-order valence-electron chi connectivity index (χ0n) is 19.7. The van der Waals surface area contributed by atoms with E-state index in [4.69, 9.17) is 18.9 Å². The molecule has 2 aromatic rings. The van der Waals surface area contributed by atoms with Gasteiger partial charge in [-0.3, -0.25) is 4.79 Å². The van der Waals surface area contributed by atoms with Crippen molar-refractivity contribution in [2.45, 2.75) is 37.5 Å². The molecule has 0 aliphatic heterocycles. The van der Waals surface area contributed by atoms with Crippen LogP contribution in [0.25, 0.3) is 0 Å². The SMILES string of the molecule is COc1ccc(C(CBr)C(=O)C(CBr)c2ccc(OC)c(OCC3CC3)c2)cc1OCC1CC1. The van der Waals surface area contributed by atoms with E-state index < -0.39 is 0 Å². The molecule has 2 aliphatic rings. The summed E-state index contributed by atoms with van der Waals surface area (Å²) in [5.41, 5.74) is 1.83. The fraction of sp³-hybridized carbons (Fsp3) is 0.519. The van der Waals surface area contributed by atoms with Crippen LogP contribution in [0, 0.1) is 11.8 Å². The van der Waals surface area contributed by atoms with E-state index in [0.29, 0.717) is 58.7 Å². The second-order valence-electron chi connectivity index (χ2n) is 9.15. The lowest BCUT2D eigenvalue weighted by molar-refractivity contribution is -0.121. The molecule has 184 valence electrons. The summed E-state index contributed by atoms with van der Waals surface area (Å²) >= 11 is 7.18. The Morgan fingerprint density at radius 2 is 1.18 bits per heavy atom. The number of rotatable bonds is 14. The number of carbonyl (C=O) groups excluding carboxylic acids is 1. The molecule has 2 saturated carbocycles. The number of hydrogen-bond acceptors (Lipinski definition) is 5. The predicted molar refractivity (Wildman–Crippen MR) is 141 cm³/mol. The van der Waals surface area contributed by atoms with Gasteiger partial charge in [-0.15, -0.1) is 0 Å². The molecule has 0 radical (unpaired) electrons. The molecule has 0 spiro atoms. The van der Waals surface area contributed by atoms with Gasteiger partial charge in [-0.1, -0.05) is 44.0 Å². The Hall–Kier alpha value is -1.73. The van der Waals surface area contributed by atoms with Crippen LogP contribution in [0.15, 0.2) is 36.4 Å². The highest BCUT2D eigenvalue weighted by atomic mass is 79.9. The Morgan fingerprint density at radius 3 is 1.50 bits per heavy atom. The largest absolute Gasteiger partial charge is 0.493 e. The van der Waals surface area contributed by atoms with Crippen LogP contribution in [0.1, 0.15) is 48.6 Å². The molecule has 0 aromatic heterocycles. The minimum atomic E-state index is -0.324. The van der Waals surface area contributed by atoms with Gasteiger partial charge in [-0.25, -0.2) is 0 Å². The highest BCUT2D eigenvalue weighted by molar-refractivity contribution is 9.09. The average molecular weight is 596 g/mol. The molecule has 0 heterocycles. The number of ketones is 1. The summed E-state index contributed by atoms with van der Waals surface area (Å²) in [6.45, 7) is 1.37. The molecule has 4 rings (SSSR count). The third-order valence-electron chi connectivity index (χ3n) is 6.52. The number of alkyl halides is 2. The lowest BCUT2D eigenvalue weighted by Crippen LogP contribution is -2.23. The number of methoxy groups -OCH3 is 2. The van der Waals surface area contributed by atoms with Gasteiger partial charge in [0.15, 0.2) is 23.0 Å². The van der Waals surface area contributed by atoms with Crippen LogP contribution in [0.3, 0.4) is 0 Å². The molecule has 2 atom stereocenters. The van der Waals surface area contributed by atoms with Crippen molar-refractivity contribution in [2.75, 3.05) is 38.1 Å². The van der Waals surface area contributed by atoms with Crippen LogP contribution < -0.4 is 18.9 Å². The Bertz CT molecular complexity index is 909. The van der Waals surface area contributed by atoms with Gasteiger partial charge >= 0.3 is 0 Å². The second kappa shape index (κ2) is 11.8. The fourth-order valence-corrected chi connectivity index (χ4v) is 5.32. The van der Waals surface area contributed by atoms with E-state index in [1.165, 1.54) is 25.7 Å². The predicted octanol–water partition coefficient (Wildman–Crippen LogP) is 6.51. The third-order valence-corrected chi connectivity index (χ3v) is 7.81. The van der Waals surface area contributed by atoms with Crippen LogP contribution in [-0.4, -0.2) is 43.9 Å². The van der Waals surface area contributed by atoms with Crippen LogP contribution in [-0.2, 0) is 4.79 Å². The molecule has 34 heavy (non-hydrogen) atoms. The van der Waals surface area contributed by atoms with Gasteiger partial charge < -0.3 is 18.9 Å². The number of benzene rings is 2. The smallest absolute Gasteiger partial charge is 0.161 e. The molecule has 0 bridgehead atoms. The first-order valence-electron chi connectivity index (χ1n) is 11.8. The zero-order chi connectivity index (χ0) is 24.1. The molecule has 2 fully saturated rings. The van der Waals surface area contributed by atoms with Gasteiger partial charge in [0.2, 0.25) is 0 Å². The van der Waals surface area contributed by atoms with E-state index in [1.807, 2.05) is 36.4 Å². The van der Waals surface area contributed by atoms with Crippen LogP contribution >= 0.6 is 31.9 Å². The van der Waals surface area contributed by atoms with E-state index in [1.54, 1.807) is 14.2 Å². The molecule has 0 N–H and O–H groups in total. The molecule has 2 aromatic carbocycles. The van der Waals surface area contributed by atoms with Crippen molar-refractivity contribution in [3.8, 4) is 23.0 Å². The molecule has 2 unspecified atom stereocenters. The summed E-state index contributed by atoms with van der Waals surface area (Å²) in [5, 5.41) is 1.04. The highest BCUT2D eigenvalue weighted by Crippen LogP contribution is 2.39. The van der Waals surface area contributed by atoms with Crippen LogP contribution in [0.4, 0.5) is 0 Å². The Kier molecular flexibility index (Phi) is 8.81. The van der Waals surface area contributed by atoms with E-state index in [0.717, 1.165) is 11.1 Å². The molecule has 0 amide bonds. The first-order valence-corrected chi connectivity index (χ1v) is 14.1. The fourth-order valence-electron chi connectivity index (χ4n) is 3.93. The minimum absolute atomic E-state index is 0.130. The van der Waals surface area contributed by atoms with Crippen LogP contribution in [0.2, 0.25) is 0 Å². The van der Waals surface area contributed by atoms with Crippen molar-refractivity contribution in [3.63, 3.8) is 0 Å². The van der Waals surface area contributed by atoms with Crippen molar-refractivity contribution in [2.24, 2.45) is 11.8 Å². The lowest BCUT2D eigenvalue weighted by atomic mass is 9.85. The molecule has 7 heteroatoms. The van der Waals surface area contributed by atoms with Crippen LogP contribution in [0.5, 0.6) is 23.0 Å². The maximum absolute atomic E-state index is 13.8. The van der Waals surface area contributed by atoms with Crippen molar-refractivity contribution in [3.05, 3.63) is 47.5 Å². The van der Waals surface area contributed by atoms with Gasteiger partial charge in [-0.2, -0.15) is 0 Å². The zero-order valence-corrected chi connectivity index (χ0v) is 22.9. The van der Waals surface area contributed by atoms with E-state index in [9.17, 15) is 4.79 Å². The summed E-state index contributed by atoms with van der Waals surface area (Å²) in [4.78, 5) is 13.8. The van der Waals surface area contributed by atoms with Gasteiger partial charge in [0.25, 0.3) is 0 Å². The standard InChI is InChI=1S/C27H32Br2O5/c1-31-23-9-7-19(11-25(23)33-15-17-3-4-17)21(13-28)27(30)22(14-29)20-8-10-24(32-2)26(12-20)34-16-18-5-6-18/h7-12,17-18,21-22H,3-6,13-16H2,1-2H3. The van der Waals surface area contributed by atoms with E-state index in [2.05, 4.69) is 31.9 Å². The number of hydrogen-bond donors (Lipinski definition) is 0. The van der Waals surface area contributed by atoms with E-state index in [-0.39, 0.29) is 17.6 Å². The maximum atomic E-state index is 13.8. The summed E-state index contributed by atoms with van der Waals surface area (Å²) in [6.07, 6.45) is 4.86. The molecule has 0 saturated heterocycles.